The van der Waals surface area contributed by atoms with Crippen molar-refractivity contribution in [2.75, 3.05) is 13.7 Å². The van der Waals surface area contributed by atoms with E-state index in [4.69, 9.17) is 5.73 Å². The van der Waals surface area contributed by atoms with E-state index in [9.17, 15) is 33.8 Å². The topological polar surface area (TPSA) is 150 Å². The number of aliphatic hydroxyl groups is 1. The summed E-state index contributed by atoms with van der Waals surface area (Å²) in [5, 5.41) is 24.4. The van der Waals surface area contributed by atoms with E-state index >= 15 is 0 Å². The number of phenolic OH excluding ortho intramolecular Hbond substituents is 1. The lowest BCUT2D eigenvalue weighted by Crippen LogP contribution is -2.65. The molecule has 9 nitrogen and oxygen atoms in total. The first kappa shape index (κ1) is 33.0. The maximum atomic E-state index is 14.1. The van der Waals surface area contributed by atoms with Gasteiger partial charge < -0.3 is 31.0 Å². The van der Waals surface area contributed by atoms with E-state index in [2.05, 4.69) is 5.32 Å². The molecule has 0 fully saturated rings. The molecule has 0 radical (unpaired) electrons. The van der Waals surface area contributed by atoms with Crippen molar-refractivity contribution in [3.63, 3.8) is 0 Å². The van der Waals surface area contributed by atoms with Crippen LogP contribution in [0.25, 0.3) is 10.8 Å². The third-order valence-corrected chi connectivity index (χ3v) is 7.97. The minimum Gasteiger partial charge on any atom is -0.508 e. The average molecular weight is 614 g/mol. The molecule has 0 bridgehead atoms. The summed E-state index contributed by atoms with van der Waals surface area (Å²) in [7, 11) is 1.31. The number of nitrogens with zero attached hydrogens (tertiary/aromatic N) is 1. The fraction of sp³-hybridized carbons (Fsp3) is 0.257. The van der Waals surface area contributed by atoms with Crippen molar-refractivity contribution in [1.29, 1.82) is 0 Å². The minimum absolute atomic E-state index is 0.0357. The molecule has 4 rings (SSSR count). The van der Waals surface area contributed by atoms with Gasteiger partial charge in [0.2, 0.25) is 11.8 Å². The van der Waals surface area contributed by atoms with Crippen LogP contribution in [0.1, 0.15) is 23.1 Å². The molecule has 45 heavy (non-hydrogen) atoms. The van der Waals surface area contributed by atoms with Gasteiger partial charge in [-0.3, -0.25) is 14.4 Å². The molecule has 3 atom stereocenters. The summed E-state index contributed by atoms with van der Waals surface area (Å²) < 4.78 is 13.3. The number of aromatic hydroxyl groups is 1. The van der Waals surface area contributed by atoms with Crippen LogP contribution in [-0.2, 0) is 38.4 Å². The molecule has 0 spiro atoms. The van der Waals surface area contributed by atoms with E-state index in [1.54, 1.807) is 0 Å². The third kappa shape index (κ3) is 7.97. The van der Waals surface area contributed by atoms with Gasteiger partial charge in [-0.15, -0.1) is 0 Å². The zero-order chi connectivity index (χ0) is 32.6. The Balaban J connectivity index is 1.55. The van der Waals surface area contributed by atoms with E-state index in [1.807, 2.05) is 42.5 Å². The number of benzene rings is 4. The number of nitrogens with one attached hydrogen (secondary N) is 1. The summed E-state index contributed by atoms with van der Waals surface area (Å²) in [5.74, 6) is -2.64. The summed E-state index contributed by atoms with van der Waals surface area (Å²) in [5.41, 5.74) is 6.00. The summed E-state index contributed by atoms with van der Waals surface area (Å²) >= 11 is 0. The predicted octanol–water partition coefficient (Wildman–Crippen LogP) is 2.87. The number of ketones is 1. The number of aldehydes is 1. The molecular formula is C35H36FN3O6. The van der Waals surface area contributed by atoms with Crippen molar-refractivity contribution >= 4 is 34.7 Å². The van der Waals surface area contributed by atoms with E-state index in [0.29, 0.717) is 17.4 Å². The molecule has 0 aromatic heterocycles. The van der Waals surface area contributed by atoms with Gasteiger partial charge in [0.1, 0.15) is 17.6 Å². The van der Waals surface area contributed by atoms with E-state index < -0.39 is 47.6 Å². The molecule has 0 aliphatic heterocycles. The quantitative estimate of drug-likeness (QED) is 0.126. The van der Waals surface area contributed by atoms with Gasteiger partial charge in [-0.25, -0.2) is 4.39 Å². The predicted molar refractivity (Wildman–Crippen MR) is 168 cm³/mol. The van der Waals surface area contributed by atoms with Crippen LogP contribution in [0.4, 0.5) is 4.39 Å². The van der Waals surface area contributed by atoms with Crippen LogP contribution in [-0.4, -0.2) is 70.3 Å². The molecule has 234 valence electrons. The summed E-state index contributed by atoms with van der Waals surface area (Å²) in [6.45, 7) is -0.851. The Hall–Kier alpha value is -4.93. The number of Topliss-reactive ketones (excluding diaryl/α,β-unsaturated/α-hetero) is 1. The number of aliphatic hydroxyl groups excluding tert-OH is 1. The maximum absolute atomic E-state index is 14.1. The second-order valence-corrected chi connectivity index (χ2v) is 11.1. The number of fused-ring (bicyclic) bond motifs is 1. The molecule has 10 heteroatoms. The number of likely N-dealkylation sites (N-methyl/N-ethyl adjacent to an activating group) is 1. The van der Waals surface area contributed by atoms with E-state index in [0.717, 1.165) is 21.2 Å². The number of halogens is 1. The van der Waals surface area contributed by atoms with Crippen LogP contribution in [0.15, 0.2) is 91.0 Å². The molecule has 0 aliphatic rings. The normalized spacial score (nSPS) is 13.8. The first-order chi connectivity index (χ1) is 21.6. The van der Waals surface area contributed by atoms with Gasteiger partial charge in [0.25, 0.3) is 0 Å². The van der Waals surface area contributed by atoms with Gasteiger partial charge >= 0.3 is 0 Å². The Morgan fingerprint density at radius 3 is 2.20 bits per heavy atom. The number of hydrogen-bond donors (Lipinski definition) is 4. The highest BCUT2D eigenvalue weighted by Crippen LogP contribution is 2.25. The van der Waals surface area contributed by atoms with Crippen molar-refractivity contribution in [2.24, 2.45) is 5.73 Å². The number of phenols is 1. The lowest BCUT2D eigenvalue weighted by atomic mass is 9.82. The van der Waals surface area contributed by atoms with Crippen LogP contribution in [0.3, 0.4) is 0 Å². The third-order valence-electron chi connectivity index (χ3n) is 7.97. The number of hydrogen-bond acceptors (Lipinski definition) is 7. The lowest BCUT2D eigenvalue weighted by Gasteiger charge is -2.38. The van der Waals surface area contributed by atoms with Crippen molar-refractivity contribution in [3.05, 3.63) is 114 Å². The first-order valence-corrected chi connectivity index (χ1v) is 14.5. The molecule has 4 aromatic carbocycles. The monoisotopic (exact) mass is 613 g/mol. The zero-order valence-electron chi connectivity index (χ0n) is 24.9. The number of amides is 2. The Labute approximate surface area is 260 Å². The molecular weight excluding hydrogens is 577 g/mol. The van der Waals surface area contributed by atoms with Gasteiger partial charge in [0, 0.05) is 19.9 Å². The number of carbonyl (C=O) groups is 4. The number of aryl methyl sites for hydroxylation is 1. The highest BCUT2D eigenvalue weighted by Gasteiger charge is 2.48. The fourth-order valence-corrected chi connectivity index (χ4v) is 5.25. The Morgan fingerprint density at radius 2 is 1.56 bits per heavy atom. The molecule has 0 aliphatic carbocycles. The van der Waals surface area contributed by atoms with E-state index in [-0.39, 0.29) is 31.4 Å². The van der Waals surface area contributed by atoms with Crippen molar-refractivity contribution in [3.8, 4) is 5.75 Å². The van der Waals surface area contributed by atoms with Crippen molar-refractivity contribution in [1.82, 2.24) is 10.2 Å². The van der Waals surface area contributed by atoms with Gasteiger partial charge in [0.15, 0.2) is 17.6 Å². The van der Waals surface area contributed by atoms with E-state index in [1.165, 1.54) is 55.6 Å². The molecule has 2 amide bonds. The largest absolute Gasteiger partial charge is 0.508 e. The highest BCUT2D eigenvalue weighted by atomic mass is 19.1. The van der Waals surface area contributed by atoms with Crippen LogP contribution < -0.4 is 11.1 Å². The van der Waals surface area contributed by atoms with Crippen LogP contribution in [0.5, 0.6) is 5.75 Å². The van der Waals surface area contributed by atoms with Crippen LogP contribution in [0.2, 0.25) is 0 Å². The molecule has 0 heterocycles. The second kappa shape index (κ2) is 14.7. The SMILES string of the molecule is CN(C(=O)CCc1ccc(F)cc1)[C@](C=O)(Cc1ccc(O)cc1)C(=O)[C@H](CO)NC(=O)[C@@H](N)Cc1ccc2ccccc2c1. The van der Waals surface area contributed by atoms with Gasteiger partial charge in [0.05, 0.1) is 12.6 Å². The van der Waals surface area contributed by atoms with Crippen molar-refractivity contribution in [2.45, 2.75) is 43.3 Å². The van der Waals surface area contributed by atoms with Crippen LogP contribution >= 0.6 is 0 Å². The van der Waals surface area contributed by atoms with Gasteiger partial charge in [-0.05, 0) is 64.6 Å². The van der Waals surface area contributed by atoms with Gasteiger partial charge in [-0.2, -0.15) is 0 Å². The smallest absolute Gasteiger partial charge is 0.237 e. The molecule has 0 unspecified atom stereocenters. The summed E-state index contributed by atoms with van der Waals surface area (Å²) in [6, 6.07) is 22.2. The number of nitrogens with two attached hydrogens (primary N) is 1. The molecule has 0 saturated heterocycles. The second-order valence-electron chi connectivity index (χ2n) is 11.1. The Kier molecular flexibility index (Phi) is 10.8. The summed E-state index contributed by atoms with van der Waals surface area (Å²) in [6.07, 6.45) is 0.311. The van der Waals surface area contributed by atoms with Gasteiger partial charge in [-0.1, -0.05) is 66.7 Å². The standard InChI is InChI=1S/C35H36FN3O6/c1-39(32(43)17-11-23-7-13-28(36)14-8-23)35(22-41,20-24-9-15-29(42)16-10-24)33(44)31(21-40)38-34(45)30(37)19-25-6-12-26-4-2-3-5-27(26)18-25/h2-10,12-16,18,22,30-31,40,42H,11,17,19-21,37H2,1H3,(H,38,45)/t30-,31-,35-/m0/s1. The van der Waals surface area contributed by atoms with Crippen molar-refractivity contribution < 1.29 is 33.8 Å². The molecule has 5 N–H and O–H groups in total. The first-order valence-electron chi connectivity index (χ1n) is 14.5. The number of carbonyl (C=O) groups excluding carboxylic acids is 4. The van der Waals surface area contributed by atoms with Crippen LogP contribution in [0, 0.1) is 5.82 Å². The fourth-order valence-electron chi connectivity index (χ4n) is 5.25. The summed E-state index contributed by atoms with van der Waals surface area (Å²) in [4.78, 5) is 54.5. The number of rotatable bonds is 14. The Bertz CT molecular complexity index is 1660. The zero-order valence-corrected chi connectivity index (χ0v) is 24.9. The Morgan fingerprint density at radius 1 is 0.933 bits per heavy atom. The average Bonchev–Trinajstić information content (AvgIpc) is 3.05. The molecule has 4 aromatic rings. The minimum atomic E-state index is -2.13. The maximum Gasteiger partial charge on any atom is 0.237 e. The highest BCUT2D eigenvalue weighted by molar-refractivity contribution is 6.09. The molecule has 0 saturated carbocycles. The lowest BCUT2D eigenvalue weighted by molar-refractivity contribution is -0.150.